The topological polar surface area (TPSA) is 120 Å². The van der Waals surface area contributed by atoms with Crippen molar-refractivity contribution in [3.8, 4) is 0 Å². The van der Waals surface area contributed by atoms with E-state index in [-0.39, 0.29) is 21.9 Å². The zero-order chi connectivity index (χ0) is 15.4. The fraction of sp³-hybridized carbons (Fsp3) is 0.417. The molecule has 1 unspecified atom stereocenters. The van der Waals surface area contributed by atoms with Crippen LogP contribution in [-0.2, 0) is 6.42 Å². The van der Waals surface area contributed by atoms with Crippen LogP contribution in [0.2, 0.25) is 0 Å². The predicted octanol–water partition coefficient (Wildman–Crippen LogP) is 2.17. The van der Waals surface area contributed by atoms with Crippen molar-refractivity contribution in [3.05, 3.63) is 32.9 Å². The van der Waals surface area contributed by atoms with E-state index in [4.69, 9.17) is 5.73 Å². The van der Waals surface area contributed by atoms with E-state index in [0.717, 1.165) is 17.7 Å². The van der Waals surface area contributed by atoms with Gasteiger partial charge in [-0.15, -0.1) is 0 Å². The fourth-order valence-electron chi connectivity index (χ4n) is 1.82. The summed E-state index contributed by atoms with van der Waals surface area (Å²) in [5, 5.41) is 14.0. The molecule has 2 heterocycles. The summed E-state index contributed by atoms with van der Waals surface area (Å²) in [4.78, 5) is 23.3. The minimum Gasteiger partial charge on any atom is -0.368 e. The zero-order valence-electron chi connectivity index (χ0n) is 11.7. The van der Waals surface area contributed by atoms with Crippen molar-refractivity contribution in [3.63, 3.8) is 0 Å². The van der Waals surface area contributed by atoms with Gasteiger partial charge in [0.15, 0.2) is 0 Å². The molecule has 112 valence electrons. The van der Waals surface area contributed by atoms with Gasteiger partial charge in [-0.05, 0) is 32.8 Å². The Kier molecular flexibility index (Phi) is 4.63. The molecule has 0 aliphatic heterocycles. The van der Waals surface area contributed by atoms with Gasteiger partial charge in [0.1, 0.15) is 5.82 Å². The number of anilines is 2. The van der Waals surface area contributed by atoms with Crippen LogP contribution in [0, 0.1) is 17.0 Å². The Labute approximate surface area is 125 Å². The molecule has 0 aliphatic rings. The Bertz CT molecular complexity index is 624. The van der Waals surface area contributed by atoms with Crippen molar-refractivity contribution in [2.24, 2.45) is 0 Å². The number of hydrogen-bond donors (Lipinski definition) is 2. The quantitative estimate of drug-likeness (QED) is 0.619. The first-order chi connectivity index (χ1) is 9.94. The molecular weight excluding hydrogens is 292 g/mol. The predicted molar refractivity (Wildman–Crippen MR) is 81.4 cm³/mol. The van der Waals surface area contributed by atoms with E-state index in [0.29, 0.717) is 11.8 Å². The van der Waals surface area contributed by atoms with Crippen LogP contribution in [0.15, 0.2) is 12.1 Å². The van der Waals surface area contributed by atoms with Gasteiger partial charge in [0.05, 0.1) is 4.92 Å². The Morgan fingerprint density at radius 1 is 1.43 bits per heavy atom. The van der Waals surface area contributed by atoms with Gasteiger partial charge in [-0.3, -0.25) is 10.1 Å². The lowest BCUT2D eigenvalue weighted by atomic mass is 10.1. The monoisotopic (exact) mass is 308 g/mol. The fourth-order valence-corrected chi connectivity index (χ4v) is 2.65. The van der Waals surface area contributed by atoms with Crippen molar-refractivity contribution in [2.75, 3.05) is 11.1 Å². The Morgan fingerprint density at radius 3 is 2.81 bits per heavy atom. The third-order valence-corrected chi connectivity index (χ3v) is 3.89. The Hall–Kier alpha value is -2.29. The van der Waals surface area contributed by atoms with Crippen LogP contribution >= 0.6 is 11.3 Å². The molecule has 21 heavy (non-hydrogen) atoms. The van der Waals surface area contributed by atoms with Crippen LogP contribution < -0.4 is 11.1 Å². The number of rotatable bonds is 6. The molecule has 0 spiro atoms. The number of hydrogen-bond acceptors (Lipinski definition) is 8. The number of nitrogens with two attached hydrogens (primary N) is 1. The van der Waals surface area contributed by atoms with Crippen molar-refractivity contribution in [1.82, 2.24) is 15.0 Å². The molecule has 0 amide bonds. The van der Waals surface area contributed by atoms with Gasteiger partial charge in [0.2, 0.25) is 11.9 Å². The maximum Gasteiger partial charge on any atom is 0.324 e. The molecule has 0 fully saturated rings. The second kappa shape index (κ2) is 6.44. The third-order valence-electron chi connectivity index (χ3n) is 2.79. The highest BCUT2D eigenvalue weighted by Crippen LogP contribution is 2.25. The second-order valence-electron chi connectivity index (χ2n) is 4.65. The van der Waals surface area contributed by atoms with Crippen molar-refractivity contribution in [2.45, 2.75) is 32.7 Å². The summed E-state index contributed by atoms with van der Waals surface area (Å²) >= 11 is 1.21. The molecule has 0 bridgehead atoms. The summed E-state index contributed by atoms with van der Waals surface area (Å²) in [5.74, 6) is 1.20. The summed E-state index contributed by atoms with van der Waals surface area (Å²) in [6, 6.07) is 3.45. The van der Waals surface area contributed by atoms with Gasteiger partial charge in [0, 0.05) is 17.0 Å². The van der Waals surface area contributed by atoms with Gasteiger partial charge in [-0.1, -0.05) is 11.3 Å². The summed E-state index contributed by atoms with van der Waals surface area (Å²) in [5.41, 5.74) is 5.57. The van der Waals surface area contributed by atoms with E-state index >= 15 is 0 Å². The molecule has 2 aromatic heterocycles. The van der Waals surface area contributed by atoms with E-state index in [2.05, 4.69) is 20.3 Å². The highest BCUT2D eigenvalue weighted by atomic mass is 32.1. The maximum atomic E-state index is 10.6. The third kappa shape index (κ3) is 4.35. The van der Waals surface area contributed by atoms with Crippen LogP contribution in [0.25, 0.3) is 0 Å². The number of nitro groups is 1. The number of aromatic nitrogens is 3. The van der Waals surface area contributed by atoms with Crippen LogP contribution in [0.5, 0.6) is 0 Å². The first-order valence-corrected chi connectivity index (χ1v) is 7.23. The van der Waals surface area contributed by atoms with Gasteiger partial charge in [0.25, 0.3) is 0 Å². The second-order valence-corrected chi connectivity index (χ2v) is 5.79. The largest absolute Gasteiger partial charge is 0.368 e. The number of thiophene rings is 1. The lowest BCUT2D eigenvalue weighted by Gasteiger charge is -2.13. The van der Waals surface area contributed by atoms with Crippen LogP contribution in [0.4, 0.5) is 16.9 Å². The summed E-state index contributed by atoms with van der Waals surface area (Å²) in [7, 11) is 0. The number of aryl methyl sites for hydroxylation is 2. The van der Waals surface area contributed by atoms with Gasteiger partial charge in [-0.2, -0.15) is 15.0 Å². The standard InChI is InChI=1S/C12H16N6O2S/c1-7(14-12-16-8(2)15-11(13)17-12)3-4-9-5-6-10(21-9)18(19)20/h5-7H,3-4H2,1-2H3,(H3,13,14,15,16,17). The van der Waals surface area contributed by atoms with Gasteiger partial charge in [-0.25, -0.2) is 0 Å². The van der Waals surface area contributed by atoms with Gasteiger partial charge >= 0.3 is 5.00 Å². The van der Waals surface area contributed by atoms with Crippen LogP contribution in [-0.4, -0.2) is 25.9 Å². The molecule has 0 saturated carbocycles. The molecule has 0 aliphatic carbocycles. The first kappa shape index (κ1) is 15.1. The van der Waals surface area contributed by atoms with Crippen molar-refractivity contribution >= 4 is 28.2 Å². The molecule has 0 saturated heterocycles. The molecule has 8 nitrogen and oxygen atoms in total. The summed E-state index contributed by atoms with van der Waals surface area (Å²) < 4.78 is 0. The van der Waals surface area contributed by atoms with Crippen LogP contribution in [0.1, 0.15) is 24.0 Å². The van der Waals surface area contributed by atoms with E-state index in [1.807, 2.05) is 6.92 Å². The lowest BCUT2D eigenvalue weighted by Crippen LogP contribution is -2.19. The highest BCUT2D eigenvalue weighted by molar-refractivity contribution is 7.15. The van der Waals surface area contributed by atoms with E-state index in [9.17, 15) is 10.1 Å². The van der Waals surface area contributed by atoms with E-state index < -0.39 is 0 Å². The molecule has 1 atom stereocenters. The zero-order valence-corrected chi connectivity index (χ0v) is 12.6. The molecule has 3 N–H and O–H groups in total. The normalized spacial score (nSPS) is 12.1. The number of nitrogen functional groups attached to an aromatic ring is 1. The summed E-state index contributed by atoms with van der Waals surface area (Å²) in [6.07, 6.45) is 1.56. The first-order valence-electron chi connectivity index (χ1n) is 6.42. The molecule has 9 heteroatoms. The molecule has 2 rings (SSSR count). The molecule has 0 aromatic carbocycles. The Morgan fingerprint density at radius 2 is 2.19 bits per heavy atom. The average molecular weight is 308 g/mol. The Balaban J connectivity index is 1.89. The van der Waals surface area contributed by atoms with E-state index in [1.165, 1.54) is 17.4 Å². The molecule has 0 radical (unpaired) electrons. The number of nitrogens with one attached hydrogen (secondary N) is 1. The summed E-state index contributed by atoms with van der Waals surface area (Å²) in [6.45, 7) is 3.75. The van der Waals surface area contributed by atoms with Gasteiger partial charge < -0.3 is 11.1 Å². The molecular formula is C12H16N6O2S. The number of nitrogens with zero attached hydrogens (tertiary/aromatic N) is 4. The van der Waals surface area contributed by atoms with Crippen LogP contribution in [0.3, 0.4) is 0 Å². The SMILES string of the molecule is Cc1nc(N)nc(NC(C)CCc2ccc([N+](=O)[O-])s2)n1. The van der Waals surface area contributed by atoms with E-state index in [1.54, 1.807) is 13.0 Å². The maximum absolute atomic E-state index is 10.6. The molecule has 2 aromatic rings. The minimum atomic E-state index is -0.369. The van der Waals surface area contributed by atoms with Crippen molar-refractivity contribution in [1.29, 1.82) is 0 Å². The smallest absolute Gasteiger partial charge is 0.324 e. The average Bonchev–Trinajstić information content (AvgIpc) is 2.84. The van der Waals surface area contributed by atoms with Crippen molar-refractivity contribution < 1.29 is 4.92 Å². The lowest BCUT2D eigenvalue weighted by molar-refractivity contribution is -0.380. The minimum absolute atomic E-state index is 0.118. The highest BCUT2D eigenvalue weighted by Gasteiger charge is 2.11.